The van der Waals surface area contributed by atoms with E-state index in [1.165, 1.54) is 0 Å². The molecule has 0 saturated heterocycles. The minimum absolute atomic E-state index is 0.0112. The average molecular weight is 406 g/mol. The maximum atomic E-state index is 12.3. The van der Waals surface area contributed by atoms with Gasteiger partial charge in [-0.3, -0.25) is 4.79 Å². The number of hydrogen-bond donors (Lipinski definition) is 0. The zero-order valence-corrected chi connectivity index (χ0v) is 15.8. The van der Waals surface area contributed by atoms with Crippen molar-refractivity contribution >= 4 is 21.8 Å². The molecular weight excluding hydrogens is 386 g/mol. The summed E-state index contributed by atoms with van der Waals surface area (Å²) in [6.45, 7) is 3.58. The van der Waals surface area contributed by atoms with Crippen LogP contribution in [0, 0.1) is 6.92 Å². The number of ether oxygens (including phenoxy) is 3. The van der Waals surface area contributed by atoms with E-state index in [0.29, 0.717) is 25.5 Å². The number of carbonyl (C=O) groups is 1. The van der Waals surface area contributed by atoms with Crippen LogP contribution in [-0.2, 0) is 11.3 Å². The first-order chi connectivity index (χ1) is 12.0. The molecule has 1 aliphatic heterocycles. The lowest BCUT2D eigenvalue weighted by Gasteiger charge is -2.21. The van der Waals surface area contributed by atoms with E-state index in [4.69, 9.17) is 14.2 Å². The maximum Gasteiger partial charge on any atom is 0.260 e. The van der Waals surface area contributed by atoms with Crippen LogP contribution in [0.4, 0.5) is 0 Å². The van der Waals surface area contributed by atoms with E-state index in [1.54, 1.807) is 11.9 Å². The van der Waals surface area contributed by atoms with E-state index >= 15 is 0 Å². The second-order valence-corrected chi connectivity index (χ2v) is 6.80. The van der Waals surface area contributed by atoms with Crippen molar-refractivity contribution in [1.82, 2.24) is 4.90 Å². The number of amides is 1. The second kappa shape index (κ2) is 7.78. The highest BCUT2D eigenvalue weighted by Gasteiger charge is 2.15. The molecule has 0 unspecified atom stereocenters. The van der Waals surface area contributed by atoms with Crippen molar-refractivity contribution in [2.75, 3.05) is 26.9 Å². The molecule has 0 aliphatic carbocycles. The van der Waals surface area contributed by atoms with Gasteiger partial charge in [0.05, 0.1) is 4.47 Å². The topological polar surface area (TPSA) is 48.0 Å². The Bertz CT molecular complexity index is 778. The standard InChI is InChI=1S/C19H20BrNO4/c1-13-3-5-16(15(20)9-13)25-12-19(22)21(2)11-14-4-6-17-18(10-14)24-8-7-23-17/h3-6,9-10H,7-8,11-12H2,1-2H3. The molecule has 1 aliphatic rings. The van der Waals surface area contributed by atoms with E-state index in [9.17, 15) is 4.79 Å². The quantitative estimate of drug-likeness (QED) is 0.762. The molecule has 0 spiro atoms. The Hall–Kier alpha value is -2.21. The summed E-state index contributed by atoms with van der Waals surface area (Å²) in [6.07, 6.45) is 0. The Morgan fingerprint density at radius 2 is 1.92 bits per heavy atom. The maximum absolute atomic E-state index is 12.3. The molecule has 5 nitrogen and oxygen atoms in total. The molecule has 0 atom stereocenters. The van der Waals surface area contributed by atoms with Crippen molar-refractivity contribution < 1.29 is 19.0 Å². The van der Waals surface area contributed by atoms with Crippen LogP contribution in [0.15, 0.2) is 40.9 Å². The number of nitrogens with zero attached hydrogens (tertiary/aromatic N) is 1. The minimum atomic E-state index is -0.0950. The highest BCUT2D eigenvalue weighted by atomic mass is 79.9. The lowest BCUT2D eigenvalue weighted by Crippen LogP contribution is -2.31. The van der Waals surface area contributed by atoms with Crippen LogP contribution in [0.25, 0.3) is 0 Å². The van der Waals surface area contributed by atoms with Gasteiger partial charge in [-0.05, 0) is 58.2 Å². The van der Waals surface area contributed by atoms with Gasteiger partial charge in [0.15, 0.2) is 18.1 Å². The summed E-state index contributed by atoms with van der Waals surface area (Å²) in [4.78, 5) is 13.9. The predicted molar refractivity (Wildman–Crippen MR) is 98.3 cm³/mol. The van der Waals surface area contributed by atoms with E-state index in [0.717, 1.165) is 27.1 Å². The van der Waals surface area contributed by atoms with Crippen molar-refractivity contribution in [3.8, 4) is 17.2 Å². The zero-order chi connectivity index (χ0) is 17.8. The van der Waals surface area contributed by atoms with Crippen molar-refractivity contribution in [3.63, 3.8) is 0 Å². The van der Waals surface area contributed by atoms with E-state index < -0.39 is 0 Å². The highest BCUT2D eigenvalue weighted by Crippen LogP contribution is 2.31. The van der Waals surface area contributed by atoms with Crippen molar-refractivity contribution in [2.45, 2.75) is 13.5 Å². The predicted octanol–water partition coefficient (Wildman–Crippen LogP) is 3.57. The molecule has 0 aromatic heterocycles. The summed E-state index contributed by atoms with van der Waals surface area (Å²) >= 11 is 3.45. The lowest BCUT2D eigenvalue weighted by atomic mass is 10.2. The zero-order valence-electron chi connectivity index (χ0n) is 14.3. The molecule has 2 aromatic rings. The first-order valence-electron chi connectivity index (χ1n) is 8.04. The monoisotopic (exact) mass is 405 g/mol. The molecule has 132 valence electrons. The molecule has 0 N–H and O–H groups in total. The first-order valence-corrected chi connectivity index (χ1v) is 8.83. The van der Waals surface area contributed by atoms with Gasteiger partial charge in [-0.25, -0.2) is 0 Å². The summed E-state index contributed by atoms with van der Waals surface area (Å²) in [5, 5.41) is 0. The summed E-state index contributed by atoms with van der Waals surface area (Å²) < 4.78 is 17.5. The number of likely N-dealkylation sites (N-methyl/N-ethyl adjacent to an activating group) is 1. The molecule has 0 saturated carbocycles. The van der Waals surface area contributed by atoms with Crippen molar-refractivity contribution in [3.05, 3.63) is 52.0 Å². The van der Waals surface area contributed by atoms with Crippen LogP contribution in [0.1, 0.15) is 11.1 Å². The molecule has 1 heterocycles. The van der Waals surface area contributed by atoms with Gasteiger partial charge >= 0.3 is 0 Å². The van der Waals surface area contributed by atoms with Gasteiger partial charge in [0.25, 0.3) is 5.91 Å². The number of benzene rings is 2. The number of carbonyl (C=O) groups excluding carboxylic acids is 1. The third-order valence-corrected chi connectivity index (χ3v) is 4.51. The van der Waals surface area contributed by atoms with Crippen LogP contribution >= 0.6 is 15.9 Å². The van der Waals surface area contributed by atoms with Crippen LogP contribution in [0.5, 0.6) is 17.2 Å². The molecule has 0 radical (unpaired) electrons. The smallest absolute Gasteiger partial charge is 0.260 e. The minimum Gasteiger partial charge on any atom is -0.486 e. The number of fused-ring (bicyclic) bond motifs is 1. The Morgan fingerprint density at radius 1 is 1.16 bits per heavy atom. The highest BCUT2D eigenvalue weighted by molar-refractivity contribution is 9.10. The fourth-order valence-electron chi connectivity index (χ4n) is 2.52. The van der Waals surface area contributed by atoms with E-state index in [1.807, 2.05) is 43.3 Å². The van der Waals surface area contributed by atoms with Crippen LogP contribution < -0.4 is 14.2 Å². The van der Waals surface area contributed by atoms with Gasteiger partial charge in [-0.15, -0.1) is 0 Å². The fourth-order valence-corrected chi connectivity index (χ4v) is 3.13. The largest absolute Gasteiger partial charge is 0.486 e. The molecule has 3 rings (SSSR count). The Labute approximate surface area is 155 Å². The van der Waals surface area contributed by atoms with Crippen LogP contribution in [-0.4, -0.2) is 37.7 Å². The Kier molecular flexibility index (Phi) is 5.48. The third-order valence-electron chi connectivity index (χ3n) is 3.89. The Balaban J connectivity index is 1.57. The summed E-state index contributed by atoms with van der Waals surface area (Å²) in [7, 11) is 1.76. The molecular formula is C19H20BrNO4. The van der Waals surface area contributed by atoms with E-state index in [-0.39, 0.29) is 12.5 Å². The molecule has 2 aromatic carbocycles. The summed E-state index contributed by atoms with van der Waals surface area (Å²) in [5.41, 5.74) is 2.11. The van der Waals surface area contributed by atoms with Gasteiger partial charge in [-0.1, -0.05) is 12.1 Å². The fraction of sp³-hybridized carbons (Fsp3) is 0.316. The molecule has 1 amide bonds. The van der Waals surface area contributed by atoms with Crippen molar-refractivity contribution in [1.29, 1.82) is 0 Å². The van der Waals surface area contributed by atoms with Crippen LogP contribution in [0.3, 0.4) is 0 Å². The normalized spacial score (nSPS) is 12.6. The van der Waals surface area contributed by atoms with Gasteiger partial charge in [0.2, 0.25) is 0 Å². The average Bonchev–Trinajstić information content (AvgIpc) is 2.60. The van der Waals surface area contributed by atoms with Crippen molar-refractivity contribution in [2.24, 2.45) is 0 Å². The van der Waals surface area contributed by atoms with Gasteiger partial charge in [-0.2, -0.15) is 0 Å². The first kappa shape index (κ1) is 17.6. The summed E-state index contributed by atoms with van der Waals surface area (Å²) in [6, 6.07) is 11.5. The van der Waals surface area contributed by atoms with E-state index in [2.05, 4.69) is 15.9 Å². The third kappa shape index (κ3) is 4.45. The van der Waals surface area contributed by atoms with Crippen LogP contribution in [0.2, 0.25) is 0 Å². The number of halogens is 1. The van der Waals surface area contributed by atoms with Gasteiger partial charge < -0.3 is 19.1 Å². The SMILES string of the molecule is Cc1ccc(OCC(=O)N(C)Cc2ccc3c(c2)OCCO3)c(Br)c1. The number of hydrogen-bond acceptors (Lipinski definition) is 4. The van der Waals surface area contributed by atoms with Gasteiger partial charge in [0.1, 0.15) is 19.0 Å². The molecule has 25 heavy (non-hydrogen) atoms. The van der Waals surface area contributed by atoms with Gasteiger partial charge in [0, 0.05) is 13.6 Å². The summed E-state index contributed by atoms with van der Waals surface area (Å²) in [5.74, 6) is 2.04. The molecule has 6 heteroatoms. The Morgan fingerprint density at radius 3 is 2.68 bits per heavy atom. The second-order valence-electron chi connectivity index (χ2n) is 5.95. The number of aryl methyl sites for hydroxylation is 1. The lowest BCUT2D eigenvalue weighted by molar-refractivity contribution is -0.132. The molecule has 0 fully saturated rings. The molecule has 0 bridgehead atoms. The number of rotatable bonds is 5.